The molecule has 1 N–H and O–H groups in total. The molecule has 0 spiro atoms. The van der Waals surface area contributed by atoms with Gasteiger partial charge in [-0.2, -0.15) is 0 Å². The molecule has 0 radical (unpaired) electrons. The number of aryl methyl sites for hydroxylation is 2. The van der Waals surface area contributed by atoms with Gasteiger partial charge in [-0.05, 0) is 50.0 Å². The molecule has 0 bridgehead atoms. The van der Waals surface area contributed by atoms with E-state index >= 15 is 0 Å². The molecule has 1 aromatic carbocycles. The van der Waals surface area contributed by atoms with Gasteiger partial charge < -0.3 is 5.32 Å². The second-order valence-electron chi connectivity index (χ2n) is 6.10. The average Bonchev–Trinajstić information content (AvgIpc) is 2.54. The van der Waals surface area contributed by atoms with E-state index in [1.807, 2.05) is 18.2 Å². The highest BCUT2D eigenvalue weighted by Gasteiger charge is 2.21. The fourth-order valence-corrected chi connectivity index (χ4v) is 3.36. The van der Waals surface area contributed by atoms with Crippen molar-refractivity contribution in [2.75, 3.05) is 13.1 Å². The average molecular weight is 301 g/mol. The second kappa shape index (κ2) is 6.08. The smallest absolute Gasteiger partial charge is 0.317 e. The first kappa shape index (κ1) is 15.0. The molecule has 1 aliphatic rings. The van der Waals surface area contributed by atoms with Crippen LogP contribution < -0.4 is 16.6 Å². The lowest BCUT2D eigenvalue weighted by atomic mass is 10.1. The first-order chi connectivity index (χ1) is 10.6. The Labute approximate surface area is 129 Å². The van der Waals surface area contributed by atoms with Crippen LogP contribution in [0.3, 0.4) is 0 Å². The standard InChI is InChI=1S/C17H23N3O2/c1-3-4-12-5-6-15-14(11-12)16(21)20(17(22)19(15)2)13-7-9-18-10-8-13/h5-6,11,13,18H,3-4,7-10H2,1-2H3. The van der Waals surface area contributed by atoms with Crippen LogP contribution in [0.1, 0.15) is 37.8 Å². The van der Waals surface area contributed by atoms with Crippen molar-refractivity contribution in [3.05, 3.63) is 44.6 Å². The van der Waals surface area contributed by atoms with Crippen molar-refractivity contribution in [2.45, 2.75) is 38.6 Å². The Balaban J connectivity index is 2.23. The Morgan fingerprint density at radius 3 is 2.64 bits per heavy atom. The zero-order chi connectivity index (χ0) is 15.7. The predicted octanol–water partition coefficient (Wildman–Crippen LogP) is 1.58. The summed E-state index contributed by atoms with van der Waals surface area (Å²) < 4.78 is 3.08. The lowest BCUT2D eigenvalue weighted by Gasteiger charge is -2.25. The van der Waals surface area contributed by atoms with Crippen LogP contribution >= 0.6 is 0 Å². The Morgan fingerprint density at radius 1 is 1.23 bits per heavy atom. The van der Waals surface area contributed by atoms with Gasteiger partial charge in [0.15, 0.2) is 0 Å². The molecule has 1 aliphatic heterocycles. The minimum Gasteiger partial charge on any atom is -0.317 e. The van der Waals surface area contributed by atoms with E-state index < -0.39 is 0 Å². The largest absolute Gasteiger partial charge is 0.331 e. The molecule has 1 aromatic heterocycles. The number of nitrogens with one attached hydrogen (secondary N) is 1. The zero-order valence-corrected chi connectivity index (χ0v) is 13.3. The van der Waals surface area contributed by atoms with Crippen LogP contribution in [0.5, 0.6) is 0 Å². The van der Waals surface area contributed by atoms with Crippen LogP contribution in [-0.2, 0) is 13.5 Å². The fraction of sp³-hybridized carbons (Fsp3) is 0.529. The number of hydrogen-bond donors (Lipinski definition) is 1. The Morgan fingerprint density at radius 2 is 1.95 bits per heavy atom. The van der Waals surface area contributed by atoms with Gasteiger partial charge in [0.1, 0.15) is 0 Å². The third-order valence-electron chi connectivity index (χ3n) is 4.58. The molecule has 0 amide bonds. The molecule has 5 heteroatoms. The summed E-state index contributed by atoms with van der Waals surface area (Å²) in [6.45, 7) is 3.83. The van der Waals surface area contributed by atoms with E-state index in [4.69, 9.17) is 0 Å². The van der Waals surface area contributed by atoms with Gasteiger partial charge >= 0.3 is 5.69 Å². The Hall–Kier alpha value is -1.88. The molecule has 2 heterocycles. The molecular weight excluding hydrogens is 278 g/mol. The Bertz CT molecular complexity index is 798. The summed E-state index contributed by atoms with van der Waals surface area (Å²) in [4.78, 5) is 25.5. The lowest BCUT2D eigenvalue weighted by molar-refractivity contribution is 0.347. The first-order valence-electron chi connectivity index (χ1n) is 8.08. The summed E-state index contributed by atoms with van der Waals surface area (Å²) in [5.74, 6) is 0. The topological polar surface area (TPSA) is 56.0 Å². The highest BCUT2D eigenvalue weighted by Crippen LogP contribution is 2.17. The van der Waals surface area contributed by atoms with Crippen LogP contribution in [0.2, 0.25) is 0 Å². The summed E-state index contributed by atoms with van der Waals surface area (Å²) in [7, 11) is 1.75. The number of benzene rings is 1. The number of hydrogen-bond acceptors (Lipinski definition) is 3. The molecular formula is C17H23N3O2. The van der Waals surface area contributed by atoms with E-state index in [0.29, 0.717) is 5.39 Å². The van der Waals surface area contributed by atoms with Crippen molar-refractivity contribution in [3.63, 3.8) is 0 Å². The normalized spacial score (nSPS) is 16.3. The van der Waals surface area contributed by atoms with Gasteiger partial charge in [0.05, 0.1) is 10.9 Å². The van der Waals surface area contributed by atoms with Crippen LogP contribution in [0.25, 0.3) is 10.9 Å². The molecule has 2 aromatic rings. The van der Waals surface area contributed by atoms with Gasteiger partial charge in [0, 0.05) is 13.1 Å². The SMILES string of the molecule is CCCc1ccc2c(c1)c(=O)n(C1CCNCC1)c(=O)n2C. The predicted molar refractivity (Wildman–Crippen MR) is 88.6 cm³/mol. The highest BCUT2D eigenvalue weighted by atomic mass is 16.2. The monoisotopic (exact) mass is 301 g/mol. The Kier molecular flexibility index (Phi) is 4.16. The van der Waals surface area contributed by atoms with Gasteiger partial charge in [-0.3, -0.25) is 13.9 Å². The third-order valence-corrected chi connectivity index (χ3v) is 4.58. The number of piperidine rings is 1. The summed E-state index contributed by atoms with van der Waals surface area (Å²) in [5, 5.41) is 3.94. The number of nitrogens with zero attached hydrogens (tertiary/aromatic N) is 2. The van der Waals surface area contributed by atoms with Gasteiger partial charge in [0.2, 0.25) is 0 Å². The first-order valence-corrected chi connectivity index (χ1v) is 8.08. The van der Waals surface area contributed by atoms with Gasteiger partial charge in [-0.15, -0.1) is 0 Å². The molecule has 1 fully saturated rings. The van der Waals surface area contributed by atoms with E-state index in [0.717, 1.165) is 49.9 Å². The van der Waals surface area contributed by atoms with E-state index in [2.05, 4.69) is 12.2 Å². The van der Waals surface area contributed by atoms with Crippen LogP contribution in [0, 0.1) is 0 Å². The van der Waals surface area contributed by atoms with Gasteiger partial charge in [0.25, 0.3) is 5.56 Å². The summed E-state index contributed by atoms with van der Waals surface area (Å²) in [6, 6.07) is 5.87. The van der Waals surface area contributed by atoms with Crippen LogP contribution in [-0.4, -0.2) is 22.2 Å². The summed E-state index contributed by atoms with van der Waals surface area (Å²) in [5.41, 5.74) is 1.54. The summed E-state index contributed by atoms with van der Waals surface area (Å²) in [6.07, 6.45) is 3.65. The molecule has 5 nitrogen and oxygen atoms in total. The number of aromatic nitrogens is 2. The van der Waals surface area contributed by atoms with E-state index in [-0.39, 0.29) is 17.3 Å². The molecule has 0 unspecified atom stereocenters. The maximum absolute atomic E-state index is 12.9. The molecule has 3 rings (SSSR count). The molecule has 1 saturated heterocycles. The van der Waals surface area contributed by atoms with Crippen molar-refractivity contribution in [2.24, 2.45) is 7.05 Å². The third kappa shape index (κ3) is 2.50. The lowest BCUT2D eigenvalue weighted by Crippen LogP contribution is -2.44. The van der Waals surface area contributed by atoms with E-state index in [1.54, 1.807) is 11.6 Å². The van der Waals surface area contributed by atoms with Crippen molar-refractivity contribution < 1.29 is 0 Å². The van der Waals surface area contributed by atoms with Gasteiger partial charge in [-0.1, -0.05) is 19.4 Å². The van der Waals surface area contributed by atoms with Crippen molar-refractivity contribution >= 4 is 10.9 Å². The van der Waals surface area contributed by atoms with Crippen LogP contribution in [0.4, 0.5) is 0 Å². The maximum Gasteiger partial charge on any atom is 0.331 e. The van der Waals surface area contributed by atoms with Crippen molar-refractivity contribution in [1.29, 1.82) is 0 Å². The van der Waals surface area contributed by atoms with Gasteiger partial charge in [-0.25, -0.2) is 4.79 Å². The maximum atomic E-state index is 12.9. The van der Waals surface area contributed by atoms with E-state index in [1.165, 1.54) is 4.57 Å². The van der Waals surface area contributed by atoms with Crippen LogP contribution in [0.15, 0.2) is 27.8 Å². The van der Waals surface area contributed by atoms with Crippen molar-refractivity contribution in [3.8, 4) is 0 Å². The number of fused-ring (bicyclic) bond motifs is 1. The molecule has 0 aliphatic carbocycles. The fourth-order valence-electron chi connectivity index (χ4n) is 3.36. The highest BCUT2D eigenvalue weighted by molar-refractivity contribution is 5.78. The molecule has 0 atom stereocenters. The molecule has 118 valence electrons. The minimum absolute atomic E-state index is 0.00619. The van der Waals surface area contributed by atoms with E-state index in [9.17, 15) is 9.59 Å². The summed E-state index contributed by atoms with van der Waals surface area (Å²) >= 11 is 0. The minimum atomic E-state index is -0.201. The molecule has 0 saturated carbocycles. The van der Waals surface area contributed by atoms with Crippen molar-refractivity contribution in [1.82, 2.24) is 14.5 Å². The zero-order valence-electron chi connectivity index (χ0n) is 13.3. The molecule has 22 heavy (non-hydrogen) atoms. The second-order valence-corrected chi connectivity index (χ2v) is 6.10. The quantitative estimate of drug-likeness (QED) is 0.936. The number of rotatable bonds is 3.